The van der Waals surface area contributed by atoms with Crippen LogP contribution in [0, 0.1) is 0 Å². The SMILES string of the molecule is CCCn1cc(CNCc2ccc(OC)cc2)c2ccccc21. The minimum atomic E-state index is 0.858. The predicted molar refractivity (Wildman–Crippen MR) is 95.8 cm³/mol. The number of nitrogens with zero attached hydrogens (tertiary/aromatic N) is 1. The summed E-state index contributed by atoms with van der Waals surface area (Å²) in [6, 6.07) is 16.9. The maximum Gasteiger partial charge on any atom is 0.118 e. The second-order valence-corrected chi connectivity index (χ2v) is 5.82. The Bertz CT molecular complexity index is 759. The molecule has 0 bridgehead atoms. The van der Waals surface area contributed by atoms with Crippen LogP contribution in [0.25, 0.3) is 10.9 Å². The third kappa shape index (κ3) is 3.57. The van der Waals surface area contributed by atoms with Crippen LogP contribution in [0.3, 0.4) is 0 Å². The number of ether oxygens (including phenoxy) is 1. The first-order valence-corrected chi connectivity index (χ1v) is 8.22. The molecule has 0 saturated carbocycles. The zero-order valence-electron chi connectivity index (χ0n) is 13.9. The second kappa shape index (κ2) is 7.34. The van der Waals surface area contributed by atoms with Gasteiger partial charge in [0, 0.05) is 36.7 Å². The molecule has 1 heterocycles. The fourth-order valence-corrected chi connectivity index (χ4v) is 2.97. The first-order chi connectivity index (χ1) is 11.3. The monoisotopic (exact) mass is 308 g/mol. The van der Waals surface area contributed by atoms with Gasteiger partial charge < -0.3 is 14.6 Å². The molecule has 2 aromatic carbocycles. The van der Waals surface area contributed by atoms with Gasteiger partial charge in [0.25, 0.3) is 0 Å². The van der Waals surface area contributed by atoms with Gasteiger partial charge in [-0.3, -0.25) is 0 Å². The van der Waals surface area contributed by atoms with Crippen molar-refractivity contribution in [3.05, 3.63) is 65.9 Å². The molecule has 0 radical (unpaired) electrons. The van der Waals surface area contributed by atoms with E-state index in [0.717, 1.165) is 31.8 Å². The van der Waals surface area contributed by atoms with E-state index in [1.807, 2.05) is 12.1 Å². The molecular formula is C20H24N2O. The van der Waals surface area contributed by atoms with Crippen molar-refractivity contribution in [1.29, 1.82) is 0 Å². The van der Waals surface area contributed by atoms with Crippen molar-refractivity contribution in [1.82, 2.24) is 9.88 Å². The lowest BCUT2D eigenvalue weighted by molar-refractivity contribution is 0.414. The van der Waals surface area contributed by atoms with Crippen LogP contribution in [0.1, 0.15) is 24.5 Å². The third-order valence-corrected chi connectivity index (χ3v) is 4.14. The first kappa shape index (κ1) is 15.6. The Kier molecular flexibility index (Phi) is 4.99. The smallest absolute Gasteiger partial charge is 0.118 e. The van der Waals surface area contributed by atoms with Gasteiger partial charge in [-0.15, -0.1) is 0 Å². The van der Waals surface area contributed by atoms with Gasteiger partial charge in [-0.2, -0.15) is 0 Å². The molecule has 3 rings (SSSR count). The number of hydrogen-bond donors (Lipinski definition) is 1. The van der Waals surface area contributed by atoms with E-state index in [2.05, 4.69) is 59.4 Å². The van der Waals surface area contributed by atoms with Crippen LogP contribution in [0.2, 0.25) is 0 Å². The van der Waals surface area contributed by atoms with E-state index in [1.165, 1.54) is 22.0 Å². The molecule has 0 unspecified atom stereocenters. The summed E-state index contributed by atoms with van der Waals surface area (Å²) in [5.74, 6) is 0.899. The molecule has 1 N–H and O–H groups in total. The number of fused-ring (bicyclic) bond motifs is 1. The summed E-state index contributed by atoms with van der Waals surface area (Å²) in [5.41, 5.74) is 3.96. The molecule has 0 spiro atoms. The van der Waals surface area contributed by atoms with Crippen molar-refractivity contribution in [3.63, 3.8) is 0 Å². The lowest BCUT2D eigenvalue weighted by Gasteiger charge is -2.05. The summed E-state index contributed by atoms with van der Waals surface area (Å²) in [4.78, 5) is 0. The molecule has 0 aliphatic rings. The molecule has 120 valence electrons. The minimum absolute atomic E-state index is 0.858. The van der Waals surface area contributed by atoms with Crippen molar-refractivity contribution < 1.29 is 4.74 Å². The molecule has 1 aromatic heterocycles. The Labute approximate surface area is 137 Å². The van der Waals surface area contributed by atoms with Crippen molar-refractivity contribution in [2.75, 3.05) is 7.11 Å². The Morgan fingerprint density at radius 3 is 2.52 bits per heavy atom. The third-order valence-electron chi connectivity index (χ3n) is 4.14. The Morgan fingerprint density at radius 2 is 1.78 bits per heavy atom. The van der Waals surface area contributed by atoms with Crippen molar-refractivity contribution >= 4 is 10.9 Å². The molecule has 0 aliphatic heterocycles. The van der Waals surface area contributed by atoms with Crippen LogP contribution >= 0.6 is 0 Å². The normalized spacial score (nSPS) is 11.0. The fraction of sp³-hybridized carbons (Fsp3) is 0.300. The molecule has 0 amide bonds. The minimum Gasteiger partial charge on any atom is -0.497 e. The Morgan fingerprint density at radius 1 is 1.00 bits per heavy atom. The lowest BCUT2D eigenvalue weighted by Crippen LogP contribution is -2.12. The van der Waals surface area contributed by atoms with Crippen LogP contribution in [-0.2, 0) is 19.6 Å². The highest BCUT2D eigenvalue weighted by atomic mass is 16.5. The van der Waals surface area contributed by atoms with E-state index in [-0.39, 0.29) is 0 Å². The van der Waals surface area contributed by atoms with Crippen LogP contribution in [0.4, 0.5) is 0 Å². The van der Waals surface area contributed by atoms with Gasteiger partial charge in [-0.05, 0) is 35.7 Å². The number of benzene rings is 2. The zero-order valence-corrected chi connectivity index (χ0v) is 13.9. The highest BCUT2D eigenvalue weighted by molar-refractivity contribution is 5.83. The predicted octanol–water partition coefficient (Wildman–Crippen LogP) is 4.35. The maximum atomic E-state index is 5.19. The highest BCUT2D eigenvalue weighted by Gasteiger charge is 2.07. The second-order valence-electron chi connectivity index (χ2n) is 5.82. The number of aromatic nitrogens is 1. The summed E-state index contributed by atoms with van der Waals surface area (Å²) in [6.07, 6.45) is 3.44. The molecule has 3 nitrogen and oxygen atoms in total. The number of aryl methyl sites for hydroxylation is 1. The summed E-state index contributed by atoms with van der Waals surface area (Å²) in [5, 5.41) is 4.90. The van der Waals surface area contributed by atoms with Gasteiger partial charge >= 0.3 is 0 Å². The summed E-state index contributed by atoms with van der Waals surface area (Å²) in [7, 11) is 1.69. The molecule has 23 heavy (non-hydrogen) atoms. The number of hydrogen-bond acceptors (Lipinski definition) is 2. The fourth-order valence-electron chi connectivity index (χ4n) is 2.97. The van der Waals surface area contributed by atoms with E-state index in [1.54, 1.807) is 7.11 Å². The van der Waals surface area contributed by atoms with Gasteiger partial charge in [0.2, 0.25) is 0 Å². The number of methoxy groups -OCH3 is 1. The average molecular weight is 308 g/mol. The van der Waals surface area contributed by atoms with E-state index in [0.29, 0.717) is 0 Å². The Hall–Kier alpha value is -2.26. The lowest BCUT2D eigenvalue weighted by atomic mass is 10.1. The van der Waals surface area contributed by atoms with Crippen molar-refractivity contribution in [2.24, 2.45) is 0 Å². The standard InChI is InChI=1S/C20H24N2O/c1-3-12-22-15-17(19-6-4-5-7-20(19)22)14-21-13-16-8-10-18(23-2)11-9-16/h4-11,15,21H,3,12-14H2,1-2H3. The topological polar surface area (TPSA) is 26.2 Å². The first-order valence-electron chi connectivity index (χ1n) is 8.22. The largest absolute Gasteiger partial charge is 0.497 e. The quantitative estimate of drug-likeness (QED) is 0.702. The Balaban J connectivity index is 1.69. The number of para-hydroxylation sites is 1. The van der Waals surface area contributed by atoms with Crippen LogP contribution in [-0.4, -0.2) is 11.7 Å². The molecule has 3 heteroatoms. The molecular weight excluding hydrogens is 284 g/mol. The summed E-state index contributed by atoms with van der Waals surface area (Å²) < 4.78 is 7.55. The molecule has 0 aliphatic carbocycles. The summed E-state index contributed by atoms with van der Waals surface area (Å²) >= 11 is 0. The van der Waals surface area contributed by atoms with E-state index in [9.17, 15) is 0 Å². The van der Waals surface area contributed by atoms with Crippen LogP contribution in [0.15, 0.2) is 54.7 Å². The number of nitrogens with one attached hydrogen (secondary N) is 1. The van der Waals surface area contributed by atoms with Gasteiger partial charge in [0.15, 0.2) is 0 Å². The van der Waals surface area contributed by atoms with Gasteiger partial charge in [-0.25, -0.2) is 0 Å². The summed E-state index contributed by atoms with van der Waals surface area (Å²) in [6.45, 7) is 5.02. The van der Waals surface area contributed by atoms with Gasteiger partial charge in [0.05, 0.1) is 7.11 Å². The molecule has 0 atom stereocenters. The van der Waals surface area contributed by atoms with Crippen LogP contribution in [0.5, 0.6) is 5.75 Å². The van der Waals surface area contributed by atoms with E-state index >= 15 is 0 Å². The zero-order chi connectivity index (χ0) is 16.1. The van der Waals surface area contributed by atoms with Crippen LogP contribution < -0.4 is 10.1 Å². The van der Waals surface area contributed by atoms with E-state index < -0.39 is 0 Å². The number of rotatable bonds is 7. The molecule has 0 fully saturated rings. The molecule has 0 saturated heterocycles. The molecule has 3 aromatic rings. The van der Waals surface area contributed by atoms with E-state index in [4.69, 9.17) is 4.74 Å². The van der Waals surface area contributed by atoms with Crippen molar-refractivity contribution in [3.8, 4) is 5.75 Å². The van der Waals surface area contributed by atoms with Crippen molar-refractivity contribution in [2.45, 2.75) is 33.0 Å². The van der Waals surface area contributed by atoms with Gasteiger partial charge in [0.1, 0.15) is 5.75 Å². The highest BCUT2D eigenvalue weighted by Crippen LogP contribution is 2.21. The van der Waals surface area contributed by atoms with Gasteiger partial charge in [-0.1, -0.05) is 37.3 Å². The average Bonchev–Trinajstić information content (AvgIpc) is 2.94. The maximum absolute atomic E-state index is 5.19.